The molecule has 8 heteroatoms. The van der Waals surface area contributed by atoms with E-state index in [-0.39, 0.29) is 6.07 Å². The van der Waals surface area contributed by atoms with E-state index in [1.165, 1.54) is 0 Å². The molecule has 0 N–H and O–H groups in total. The molecule has 0 unspecified atom stereocenters. The fourth-order valence-electron chi connectivity index (χ4n) is 1.21. The third-order valence-corrected chi connectivity index (χ3v) is 2.10. The van der Waals surface area contributed by atoms with Crippen LogP contribution in [0, 0.1) is 0 Å². The molecule has 0 aliphatic carbocycles. The van der Waals surface area contributed by atoms with Gasteiger partial charge < -0.3 is 0 Å². The number of hydrogen-bond donors (Lipinski definition) is 0. The molecule has 0 aliphatic rings. The minimum Gasteiger partial charge on any atom is -0.196 e. The van der Waals surface area contributed by atoms with E-state index in [1.54, 1.807) is 0 Å². The van der Waals surface area contributed by atoms with Crippen LogP contribution in [0.4, 0.5) is 35.1 Å². The van der Waals surface area contributed by atoms with Gasteiger partial charge in [-0.25, -0.2) is 0 Å². The minimum absolute atomic E-state index is 0.277. The summed E-state index contributed by atoms with van der Waals surface area (Å²) in [6.45, 7) is 0. The number of halogens is 8. The smallest absolute Gasteiger partial charge is 0.196 e. The molecule has 0 heterocycles. The van der Waals surface area contributed by atoms with Gasteiger partial charge in [0.25, 0.3) is 0 Å². The fraction of sp³-hybridized carbons (Fsp3) is 0.400. The number of hydrogen-bond acceptors (Lipinski definition) is 0. The zero-order valence-electron chi connectivity index (χ0n) is 8.54. The normalized spacial score (nSPS) is 13.8. The summed E-state index contributed by atoms with van der Waals surface area (Å²) in [6.07, 6.45) is -12.4. The minimum atomic E-state index is -5.79. The van der Waals surface area contributed by atoms with Gasteiger partial charge in [-0.2, -0.15) is 35.1 Å². The molecule has 0 aliphatic heterocycles. The highest BCUT2D eigenvalue weighted by Crippen LogP contribution is 2.38. The molecule has 0 nitrogen and oxygen atoms in total. The number of rotatable bonds is 2. The van der Waals surface area contributed by atoms with Gasteiger partial charge in [0.05, 0.1) is 5.56 Å². The predicted octanol–water partition coefficient (Wildman–Crippen LogP) is 4.45. The van der Waals surface area contributed by atoms with Crippen LogP contribution in [-0.2, 0) is 12.6 Å². The van der Waals surface area contributed by atoms with E-state index >= 15 is 0 Å². The average molecular weight is 278 g/mol. The quantitative estimate of drug-likeness (QED) is 0.701. The van der Waals surface area contributed by atoms with Crippen LogP contribution in [0.1, 0.15) is 11.1 Å². The first-order valence-electron chi connectivity index (χ1n) is 4.54. The van der Waals surface area contributed by atoms with E-state index in [9.17, 15) is 35.1 Å². The van der Waals surface area contributed by atoms with Crippen molar-refractivity contribution in [1.29, 1.82) is 0 Å². The molecule has 0 spiro atoms. The Kier molecular flexibility index (Phi) is 3.60. The van der Waals surface area contributed by atoms with Crippen LogP contribution >= 0.6 is 0 Å². The molecule has 0 fully saturated rings. The van der Waals surface area contributed by atoms with Crippen molar-refractivity contribution in [2.24, 2.45) is 0 Å². The predicted molar refractivity (Wildman–Crippen MR) is 46.2 cm³/mol. The fourth-order valence-corrected chi connectivity index (χ4v) is 1.21. The molecule has 0 radical (unpaired) electrons. The van der Waals surface area contributed by atoms with Crippen LogP contribution in [0.3, 0.4) is 0 Å². The van der Waals surface area contributed by atoms with Crippen molar-refractivity contribution in [3.63, 3.8) is 0 Å². The van der Waals surface area contributed by atoms with Crippen LogP contribution in [0.5, 0.6) is 0 Å². The van der Waals surface area contributed by atoms with Crippen LogP contribution < -0.4 is 0 Å². The molecule has 1 rings (SSSR count). The van der Waals surface area contributed by atoms with E-state index in [0.717, 1.165) is 12.1 Å². The maximum atomic E-state index is 12.6. The number of benzene rings is 1. The third kappa shape index (κ3) is 3.33. The van der Waals surface area contributed by atoms with Crippen molar-refractivity contribution >= 4 is 0 Å². The van der Waals surface area contributed by atoms with Crippen LogP contribution in [-0.4, -0.2) is 12.1 Å². The second-order valence-corrected chi connectivity index (χ2v) is 3.58. The summed E-state index contributed by atoms with van der Waals surface area (Å²) in [4.78, 5) is 0. The Bertz CT molecular complexity index is 415. The first kappa shape index (κ1) is 14.7. The Morgan fingerprint density at radius 1 is 0.833 bits per heavy atom. The lowest BCUT2D eigenvalue weighted by atomic mass is 10.0. The van der Waals surface area contributed by atoms with Crippen molar-refractivity contribution in [2.45, 2.75) is 24.7 Å². The second-order valence-electron chi connectivity index (χ2n) is 3.58. The highest BCUT2D eigenvalue weighted by Gasteiger charge is 2.57. The monoisotopic (exact) mass is 278 g/mol. The van der Waals surface area contributed by atoms with Crippen LogP contribution in [0.15, 0.2) is 24.3 Å². The van der Waals surface area contributed by atoms with Gasteiger partial charge >= 0.3 is 18.3 Å². The molecular weight excluding hydrogens is 272 g/mol. The summed E-state index contributed by atoms with van der Waals surface area (Å²) >= 11 is 0. The lowest BCUT2D eigenvalue weighted by Crippen LogP contribution is -2.38. The van der Waals surface area contributed by atoms with E-state index in [2.05, 4.69) is 0 Å². The maximum absolute atomic E-state index is 12.6. The molecule has 0 bridgehead atoms. The Labute approximate surface area is 96.2 Å². The Morgan fingerprint density at radius 2 is 1.39 bits per heavy atom. The maximum Gasteiger partial charge on any atom is 0.453 e. The van der Waals surface area contributed by atoms with E-state index in [4.69, 9.17) is 0 Å². The molecule has 0 saturated carbocycles. The van der Waals surface area contributed by atoms with E-state index in [1.807, 2.05) is 0 Å². The standard InChI is InChI=1S/C10H6F8/c11-8(12,10(16,17)18)5-6-2-1-3-7(4-6)9(13,14)15/h1-4H,5H2. The summed E-state index contributed by atoms with van der Waals surface area (Å²) in [6, 6.07) is 2.44. The lowest BCUT2D eigenvalue weighted by Gasteiger charge is -2.19. The zero-order valence-corrected chi connectivity index (χ0v) is 8.54. The lowest BCUT2D eigenvalue weighted by molar-refractivity contribution is -0.281. The van der Waals surface area contributed by atoms with Crippen molar-refractivity contribution in [1.82, 2.24) is 0 Å². The third-order valence-electron chi connectivity index (χ3n) is 2.10. The van der Waals surface area contributed by atoms with Gasteiger partial charge in [0.15, 0.2) is 0 Å². The summed E-state index contributed by atoms with van der Waals surface area (Å²) in [7, 11) is 0. The summed E-state index contributed by atoms with van der Waals surface area (Å²) in [5, 5.41) is 0. The molecule has 1 aromatic carbocycles. The van der Waals surface area contributed by atoms with Gasteiger partial charge in [-0.3, -0.25) is 0 Å². The van der Waals surface area contributed by atoms with E-state index < -0.39 is 35.8 Å². The summed E-state index contributed by atoms with van der Waals surface area (Å²) < 4.78 is 97.6. The van der Waals surface area contributed by atoms with Crippen LogP contribution in [0.2, 0.25) is 0 Å². The SMILES string of the molecule is FC(F)(F)c1cccc(CC(F)(F)C(F)(F)F)c1. The highest BCUT2D eigenvalue weighted by molar-refractivity contribution is 5.26. The molecule has 0 aromatic heterocycles. The van der Waals surface area contributed by atoms with Crippen molar-refractivity contribution < 1.29 is 35.1 Å². The molecule has 0 saturated heterocycles. The summed E-state index contributed by atoms with van der Waals surface area (Å²) in [5.41, 5.74) is -2.00. The average Bonchev–Trinajstić information content (AvgIpc) is 2.14. The van der Waals surface area contributed by atoms with Crippen LogP contribution in [0.25, 0.3) is 0 Å². The molecule has 102 valence electrons. The Hall–Kier alpha value is -1.34. The van der Waals surface area contributed by atoms with E-state index in [0.29, 0.717) is 6.07 Å². The highest BCUT2D eigenvalue weighted by atomic mass is 19.4. The van der Waals surface area contributed by atoms with Crippen molar-refractivity contribution in [3.8, 4) is 0 Å². The first-order valence-corrected chi connectivity index (χ1v) is 4.54. The topological polar surface area (TPSA) is 0 Å². The van der Waals surface area contributed by atoms with Crippen molar-refractivity contribution in [3.05, 3.63) is 35.4 Å². The second kappa shape index (κ2) is 4.40. The zero-order chi connectivity index (χ0) is 14.2. The molecule has 0 atom stereocenters. The summed E-state index contributed by atoms with van der Waals surface area (Å²) in [5.74, 6) is -5.06. The molecule has 1 aromatic rings. The largest absolute Gasteiger partial charge is 0.453 e. The molecular formula is C10H6F8. The van der Waals surface area contributed by atoms with Gasteiger partial charge in [-0.05, 0) is 11.6 Å². The number of alkyl halides is 8. The van der Waals surface area contributed by atoms with Gasteiger partial charge in [0, 0.05) is 6.42 Å². The van der Waals surface area contributed by atoms with Gasteiger partial charge in [0.2, 0.25) is 0 Å². The first-order chi connectivity index (χ1) is 7.93. The molecule has 0 amide bonds. The Balaban J connectivity index is 3.00. The Morgan fingerprint density at radius 3 is 1.83 bits per heavy atom. The van der Waals surface area contributed by atoms with Crippen molar-refractivity contribution in [2.75, 3.05) is 0 Å². The van der Waals surface area contributed by atoms with Gasteiger partial charge in [-0.15, -0.1) is 0 Å². The van der Waals surface area contributed by atoms with Gasteiger partial charge in [0.1, 0.15) is 0 Å². The molecule has 18 heavy (non-hydrogen) atoms. The van der Waals surface area contributed by atoms with Gasteiger partial charge in [-0.1, -0.05) is 18.2 Å².